The Kier molecular flexibility index (Phi) is 8.11. The average Bonchev–Trinajstić information content (AvgIpc) is 3.32. The number of rotatable bonds is 8. The van der Waals surface area contributed by atoms with Gasteiger partial charge in [-0.2, -0.15) is 0 Å². The van der Waals surface area contributed by atoms with Gasteiger partial charge in [-0.15, -0.1) is 0 Å². The van der Waals surface area contributed by atoms with E-state index >= 15 is 0 Å². The number of piperidine rings is 1. The Balaban J connectivity index is 1.42. The first-order valence-electron chi connectivity index (χ1n) is 12.3. The lowest BCUT2D eigenvalue weighted by molar-refractivity contribution is -0.123. The number of carbonyl (C=O) groups is 1. The fourth-order valence-corrected chi connectivity index (χ4v) is 5.44. The highest BCUT2D eigenvalue weighted by atomic mass is 16.1. The molecule has 2 aromatic rings. The van der Waals surface area contributed by atoms with Gasteiger partial charge in [-0.05, 0) is 68.7 Å². The molecule has 0 bridgehead atoms. The first-order valence-corrected chi connectivity index (χ1v) is 12.3. The Hall–Kier alpha value is -2.46. The molecule has 2 aliphatic rings. The molecule has 1 aliphatic carbocycles. The lowest BCUT2D eigenvalue weighted by Crippen LogP contribution is -2.44. The van der Waals surface area contributed by atoms with Gasteiger partial charge in [0.2, 0.25) is 5.91 Å². The molecule has 1 amide bonds. The van der Waals surface area contributed by atoms with E-state index in [-0.39, 0.29) is 11.9 Å². The minimum absolute atomic E-state index is 0.00804. The van der Waals surface area contributed by atoms with Gasteiger partial charge in [0.1, 0.15) is 0 Å². The summed E-state index contributed by atoms with van der Waals surface area (Å²) in [6.07, 6.45) is 12.0. The molecule has 1 aliphatic heterocycles. The van der Waals surface area contributed by atoms with E-state index in [1.165, 1.54) is 36.8 Å². The van der Waals surface area contributed by atoms with Crippen LogP contribution in [0.5, 0.6) is 0 Å². The summed E-state index contributed by atoms with van der Waals surface area (Å²) in [5.41, 5.74) is 3.62. The van der Waals surface area contributed by atoms with E-state index in [0.717, 1.165) is 38.2 Å². The third kappa shape index (κ3) is 6.52. The van der Waals surface area contributed by atoms with E-state index in [0.29, 0.717) is 18.3 Å². The highest BCUT2D eigenvalue weighted by Crippen LogP contribution is 2.31. The fraction of sp³-hybridized carbons (Fsp3) is 0.500. The second kappa shape index (κ2) is 11.4. The standard InChI is InChI=1S/C28H37N3O/c1-22(18-23-10-3-2-4-11-23)20-31-17-9-14-25(21-31)28(26-15-7-8-16-29-26)30-27(32)19-24-12-5-6-13-24/h2-4,7-8,10-11,15-16,18,24-25,28H,5-6,9,12-14,17,19-21H2,1H3,(H,30,32)/b22-18+/t25-,28-/m0/s1. The van der Waals surface area contributed by atoms with Crippen molar-refractivity contribution < 1.29 is 4.79 Å². The van der Waals surface area contributed by atoms with Crippen LogP contribution in [-0.2, 0) is 4.79 Å². The van der Waals surface area contributed by atoms with Crippen LogP contribution in [0.1, 0.15) is 69.2 Å². The van der Waals surface area contributed by atoms with Crippen molar-refractivity contribution >= 4 is 12.0 Å². The molecule has 1 aromatic carbocycles. The number of nitrogens with one attached hydrogen (secondary N) is 1. The van der Waals surface area contributed by atoms with E-state index < -0.39 is 0 Å². The van der Waals surface area contributed by atoms with E-state index in [9.17, 15) is 4.79 Å². The highest BCUT2D eigenvalue weighted by Gasteiger charge is 2.31. The zero-order valence-corrected chi connectivity index (χ0v) is 19.4. The molecule has 4 heteroatoms. The normalized spacial score (nSPS) is 21.4. The van der Waals surface area contributed by atoms with Crippen molar-refractivity contribution in [2.75, 3.05) is 19.6 Å². The number of nitrogens with zero attached hydrogens (tertiary/aromatic N) is 2. The van der Waals surface area contributed by atoms with Crippen molar-refractivity contribution in [1.29, 1.82) is 0 Å². The molecule has 4 nitrogen and oxygen atoms in total. The van der Waals surface area contributed by atoms with Crippen molar-refractivity contribution in [1.82, 2.24) is 15.2 Å². The van der Waals surface area contributed by atoms with E-state index in [1.807, 2.05) is 18.3 Å². The van der Waals surface area contributed by atoms with Crippen LogP contribution >= 0.6 is 0 Å². The number of hydrogen-bond acceptors (Lipinski definition) is 3. The highest BCUT2D eigenvalue weighted by molar-refractivity contribution is 5.76. The van der Waals surface area contributed by atoms with Crippen LogP contribution < -0.4 is 5.32 Å². The topological polar surface area (TPSA) is 45.2 Å². The SMILES string of the molecule is C/C(=C\c1ccccc1)CN1CCC[C@H]([C@H](NC(=O)CC2CCCC2)c2ccccn2)C1. The van der Waals surface area contributed by atoms with Gasteiger partial charge in [0.15, 0.2) is 0 Å². The molecule has 32 heavy (non-hydrogen) atoms. The summed E-state index contributed by atoms with van der Waals surface area (Å²) in [6, 6.07) is 16.6. The van der Waals surface area contributed by atoms with Crippen LogP contribution in [0, 0.1) is 11.8 Å². The lowest BCUT2D eigenvalue weighted by Gasteiger charge is -2.37. The summed E-state index contributed by atoms with van der Waals surface area (Å²) in [4.78, 5) is 20.1. The number of hydrogen-bond donors (Lipinski definition) is 1. The van der Waals surface area contributed by atoms with Crippen molar-refractivity contribution in [2.24, 2.45) is 11.8 Å². The molecule has 1 aromatic heterocycles. The minimum atomic E-state index is -0.00804. The zero-order valence-electron chi connectivity index (χ0n) is 19.4. The largest absolute Gasteiger partial charge is 0.347 e. The molecule has 2 heterocycles. The number of pyridine rings is 1. The van der Waals surface area contributed by atoms with Gasteiger partial charge in [0.25, 0.3) is 0 Å². The van der Waals surface area contributed by atoms with Crippen molar-refractivity contribution in [3.8, 4) is 0 Å². The molecule has 170 valence electrons. The maximum Gasteiger partial charge on any atom is 0.220 e. The minimum Gasteiger partial charge on any atom is -0.347 e. The summed E-state index contributed by atoms with van der Waals surface area (Å²) >= 11 is 0. The van der Waals surface area contributed by atoms with Crippen molar-refractivity contribution in [2.45, 2.75) is 57.9 Å². The fourth-order valence-electron chi connectivity index (χ4n) is 5.44. The Morgan fingerprint density at radius 2 is 1.88 bits per heavy atom. The molecule has 1 saturated heterocycles. The van der Waals surface area contributed by atoms with E-state index in [1.54, 1.807) is 0 Å². The summed E-state index contributed by atoms with van der Waals surface area (Å²) in [7, 11) is 0. The van der Waals surface area contributed by atoms with Crippen molar-refractivity contribution in [3.05, 3.63) is 71.6 Å². The van der Waals surface area contributed by atoms with Crippen LogP contribution in [-0.4, -0.2) is 35.4 Å². The number of aromatic nitrogens is 1. The molecule has 0 radical (unpaired) electrons. The molecule has 2 atom stereocenters. The first kappa shape index (κ1) is 22.7. The number of carbonyl (C=O) groups excluding carboxylic acids is 1. The Labute approximate surface area is 193 Å². The number of amides is 1. The Morgan fingerprint density at radius 1 is 1.09 bits per heavy atom. The predicted octanol–water partition coefficient (Wildman–Crippen LogP) is 5.63. The van der Waals surface area contributed by atoms with Gasteiger partial charge in [0, 0.05) is 25.7 Å². The van der Waals surface area contributed by atoms with Crippen LogP contribution in [0.2, 0.25) is 0 Å². The van der Waals surface area contributed by atoms with E-state index in [4.69, 9.17) is 0 Å². The van der Waals surface area contributed by atoms with Crippen LogP contribution in [0.25, 0.3) is 6.08 Å². The Morgan fingerprint density at radius 3 is 2.62 bits per heavy atom. The smallest absolute Gasteiger partial charge is 0.220 e. The molecule has 1 saturated carbocycles. The monoisotopic (exact) mass is 431 g/mol. The predicted molar refractivity (Wildman–Crippen MR) is 131 cm³/mol. The molecular formula is C28H37N3O. The van der Waals surface area contributed by atoms with Crippen LogP contribution in [0.15, 0.2) is 60.3 Å². The average molecular weight is 432 g/mol. The van der Waals surface area contributed by atoms with Gasteiger partial charge < -0.3 is 5.32 Å². The maximum absolute atomic E-state index is 12.9. The third-order valence-corrected chi connectivity index (χ3v) is 6.97. The zero-order chi connectivity index (χ0) is 22.2. The molecule has 1 N–H and O–H groups in total. The molecule has 0 spiro atoms. The van der Waals surface area contributed by atoms with Gasteiger partial charge in [-0.25, -0.2) is 0 Å². The summed E-state index contributed by atoms with van der Waals surface area (Å²) in [6.45, 7) is 5.29. The molecular weight excluding hydrogens is 394 g/mol. The van der Waals surface area contributed by atoms with E-state index in [2.05, 4.69) is 64.6 Å². The Bertz CT molecular complexity index is 874. The van der Waals surface area contributed by atoms with Crippen LogP contribution in [0.3, 0.4) is 0 Å². The first-order chi connectivity index (χ1) is 15.7. The third-order valence-electron chi connectivity index (χ3n) is 6.97. The molecule has 2 fully saturated rings. The maximum atomic E-state index is 12.9. The lowest BCUT2D eigenvalue weighted by atomic mass is 9.87. The summed E-state index contributed by atoms with van der Waals surface area (Å²) < 4.78 is 0. The molecule has 0 unspecified atom stereocenters. The second-order valence-corrected chi connectivity index (χ2v) is 9.69. The summed E-state index contributed by atoms with van der Waals surface area (Å²) in [5.74, 6) is 1.15. The quantitative estimate of drug-likeness (QED) is 0.589. The number of likely N-dealkylation sites (tertiary alicyclic amines) is 1. The number of benzene rings is 1. The van der Waals surface area contributed by atoms with Crippen LogP contribution in [0.4, 0.5) is 0 Å². The van der Waals surface area contributed by atoms with Gasteiger partial charge >= 0.3 is 0 Å². The van der Waals surface area contributed by atoms with Gasteiger partial charge in [-0.3, -0.25) is 14.7 Å². The van der Waals surface area contributed by atoms with Gasteiger partial charge in [-0.1, -0.05) is 60.9 Å². The van der Waals surface area contributed by atoms with Gasteiger partial charge in [0.05, 0.1) is 11.7 Å². The summed E-state index contributed by atoms with van der Waals surface area (Å²) in [5, 5.41) is 3.40. The molecule has 4 rings (SSSR count). The second-order valence-electron chi connectivity index (χ2n) is 9.69. The van der Waals surface area contributed by atoms with Crippen molar-refractivity contribution in [3.63, 3.8) is 0 Å².